The monoisotopic (exact) mass is 335 g/mol. The van der Waals surface area contributed by atoms with Crippen molar-refractivity contribution in [3.05, 3.63) is 71.8 Å². The summed E-state index contributed by atoms with van der Waals surface area (Å²) in [7, 11) is 0. The van der Waals surface area contributed by atoms with Crippen LogP contribution in [-0.4, -0.2) is 24.3 Å². The van der Waals surface area contributed by atoms with E-state index in [1.165, 1.54) is 12.8 Å². The van der Waals surface area contributed by atoms with Crippen molar-refractivity contribution in [2.75, 3.05) is 6.54 Å². The minimum absolute atomic E-state index is 0.0651. The first-order chi connectivity index (χ1) is 12.3. The molecule has 0 bridgehead atoms. The maximum Gasteiger partial charge on any atom is 0.327 e. The van der Waals surface area contributed by atoms with Crippen LogP contribution >= 0.6 is 0 Å². The molecule has 25 heavy (non-hydrogen) atoms. The SMILES string of the molecule is O=C(CN=C(c1ccccc1)c1ccccc1)OC1CCCCCC1. The Morgan fingerprint density at radius 2 is 1.36 bits per heavy atom. The molecule has 2 aromatic carbocycles. The van der Waals surface area contributed by atoms with Crippen molar-refractivity contribution >= 4 is 11.7 Å². The molecule has 3 nitrogen and oxygen atoms in total. The van der Waals surface area contributed by atoms with Gasteiger partial charge in [-0.3, -0.25) is 9.79 Å². The third kappa shape index (κ3) is 5.28. The van der Waals surface area contributed by atoms with Crippen molar-refractivity contribution in [3.8, 4) is 0 Å². The summed E-state index contributed by atoms with van der Waals surface area (Å²) in [6, 6.07) is 20.0. The van der Waals surface area contributed by atoms with Gasteiger partial charge in [0, 0.05) is 11.1 Å². The van der Waals surface area contributed by atoms with Crippen molar-refractivity contribution in [2.45, 2.75) is 44.6 Å². The van der Waals surface area contributed by atoms with Crippen LogP contribution in [0.3, 0.4) is 0 Å². The van der Waals surface area contributed by atoms with E-state index in [2.05, 4.69) is 4.99 Å². The number of carbonyl (C=O) groups is 1. The minimum atomic E-state index is -0.226. The van der Waals surface area contributed by atoms with Gasteiger partial charge in [-0.2, -0.15) is 0 Å². The zero-order chi connectivity index (χ0) is 17.3. The number of carbonyl (C=O) groups excluding carboxylic acids is 1. The second-order valence-corrected chi connectivity index (χ2v) is 6.50. The maximum atomic E-state index is 12.3. The largest absolute Gasteiger partial charge is 0.461 e. The highest BCUT2D eigenvalue weighted by Gasteiger charge is 2.16. The molecule has 3 rings (SSSR count). The van der Waals surface area contributed by atoms with E-state index in [0.717, 1.165) is 42.5 Å². The van der Waals surface area contributed by atoms with E-state index in [-0.39, 0.29) is 18.6 Å². The van der Waals surface area contributed by atoms with Gasteiger partial charge in [0.1, 0.15) is 12.6 Å². The molecule has 130 valence electrons. The lowest BCUT2D eigenvalue weighted by Gasteiger charge is -2.15. The van der Waals surface area contributed by atoms with E-state index in [4.69, 9.17) is 4.74 Å². The molecular weight excluding hydrogens is 310 g/mol. The lowest BCUT2D eigenvalue weighted by atomic mass is 10.0. The number of rotatable bonds is 5. The van der Waals surface area contributed by atoms with Crippen LogP contribution in [-0.2, 0) is 9.53 Å². The minimum Gasteiger partial charge on any atom is -0.461 e. The fourth-order valence-corrected chi connectivity index (χ4v) is 3.27. The Labute approximate surface area is 149 Å². The molecule has 1 aliphatic carbocycles. The van der Waals surface area contributed by atoms with Crippen LogP contribution in [0.4, 0.5) is 0 Å². The van der Waals surface area contributed by atoms with Crippen LogP contribution in [0.1, 0.15) is 49.7 Å². The summed E-state index contributed by atoms with van der Waals surface area (Å²) in [5, 5.41) is 0. The van der Waals surface area contributed by atoms with Gasteiger partial charge in [0.2, 0.25) is 0 Å². The fourth-order valence-electron chi connectivity index (χ4n) is 3.27. The predicted octanol–water partition coefficient (Wildman–Crippen LogP) is 4.79. The number of benzene rings is 2. The second kappa shape index (κ2) is 9.16. The Bertz CT molecular complexity index is 645. The highest BCUT2D eigenvalue weighted by atomic mass is 16.5. The Kier molecular flexibility index (Phi) is 6.38. The third-order valence-electron chi connectivity index (χ3n) is 4.56. The van der Waals surface area contributed by atoms with Gasteiger partial charge in [-0.05, 0) is 25.7 Å². The van der Waals surface area contributed by atoms with Crippen LogP contribution in [0.25, 0.3) is 0 Å². The number of nitrogens with zero attached hydrogens (tertiary/aromatic N) is 1. The zero-order valence-electron chi connectivity index (χ0n) is 14.6. The summed E-state index contributed by atoms with van der Waals surface area (Å²) >= 11 is 0. The van der Waals surface area contributed by atoms with Crippen LogP contribution in [0, 0.1) is 0 Å². The molecule has 0 saturated heterocycles. The van der Waals surface area contributed by atoms with Crippen molar-refractivity contribution < 1.29 is 9.53 Å². The summed E-state index contributed by atoms with van der Waals surface area (Å²) in [6.45, 7) is 0.0651. The predicted molar refractivity (Wildman–Crippen MR) is 101 cm³/mol. The summed E-state index contributed by atoms with van der Waals surface area (Å²) < 4.78 is 5.65. The second-order valence-electron chi connectivity index (χ2n) is 6.50. The van der Waals surface area contributed by atoms with Gasteiger partial charge in [-0.1, -0.05) is 73.5 Å². The van der Waals surface area contributed by atoms with Gasteiger partial charge in [-0.25, -0.2) is 0 Å². The zero-order valence-corrected chi connectivity index (χ0v) is 14.6. The Morgan fingerprint density at radius 1 is 0.840 bits per heavy atom. The van der Waals surface area contributed by atoms with Crippen LogP contribution < -0.4 is 0 Å². The normalized spacial score (nSPS) is 15.2. The molecule has 3 heteroatoms. The summed E-state index contributed by atoms with van der Waals surface area (Å²) in [6.07, 6.45) is 6.85. The van der Waals surface area contributed by atoms with Crippen molar-refractivity contribution in [1.29, 1.82) is 0 Å². The molecule has 2 aromatic rings. The van der Waals surface area contributed by atoms with E-state index in [1.807, 2.05) is 60.7 Å². The quantitative estimate of drug-likeness (QED) is 0.448. The highest BCUT2D eigenvalue weighted by molar-refractivity contribution is 6.13. The molecule has 0 radical (unpaired) electrons. The van der Waals surface area contributed by atoms with Gasteiger partial charge in [0.05, 0.1) is 5.71 Å². The van der Waals surface area contributed by atoms with Crippen LogP contribution in [0.5, 0.6) is 0 Å². The number of hydrogen-bond donors (Lipinski definition) is 0. The molecule has 0 unspecified atom stereocenters. The first-order valence-corrected chi connectivity index (χ1v) is 9.18. The summed E-state index contributed by atoms with van der Waals surface area (Å²) in [5.74, 6) is -0.226. The van der Waals surface area contributed by atoms with E-state index in [1.54, 1.807) is 0 Å². The van der Waals surface area contributed by atoms with Crippen molar-refractivity contribution in [1.82, 2.24) is 0 Å². The number of hydrogen-bond acceptors (Lipinski definition) is 3. The van der Waals surface area contributed by atoms with Crippen LogP contribution in [0.15, 0.2) is 65.7 Å². The standard InChI is InChI=1S/C22H25NO2/c24-21(25-20-15-9-1-2-10-16-20)17-23-22(18-11-5-3-6-12-18)19-13-7-4-8-14-19/h3-8,11-14,20H,1-2,9-10,15-17H2. The Morgan fingerprint density at radius 3 is 1.88 bits per heavy atom. The topological polar surface area (TPSA) is 38.7 Å². The van der Waals surface area contributed by atoms with E-state index >= 15 is 0 Å². The Balaban J connectivity index is 1.71. The molecule has 1 saturated carbocycles. The van der Waals surface area contributed by atoms with Crippen LogP contribution in [0.2, 0.25) is 0 Å². The maximum absolute atomic E-state index is 12.3. The molecular formula is C22H25NO2. The van der Waals surface area contributed by atoms with Gasteiger partial charge in [-0.15, -0.1) is 0 Å². The van der Waals surface area contributed by atoms with E-state index < -0.39 is 0 Å². The molecule has 0 amide bonds. The molecule has 1 aliphatic rings. The lowest BCUT2D eigenvalue weighted by molar-refractivity contribution is -0.147. The van der Waals surface area contributed by atoms with Gasteiger partial charge in [0.25, 0.3) is 0 Å². The average Bonchev–Trinajstić information content (AvgIpc) is 2.92. The summed E-state index contributed by atoms with van der Waals surface area (Å²) in [5.41, 5.74) is 2.85. The summed E-state index contributed by atoms with van der Waals surface area (Å²) in [4.78, 5) is 16.9. The highest BCUT2D eigenvalue weighted by Crippen LogP contribution is 2.20. The van der Waals surface area contributed by atoms with Gasteiger partial charge < -0.3 is 4.74 Å². The molecule has 0 heterocycles. The third-order valence-corrected chi connectivity index (χ3v) is 4.56. The molecule has 0 aliphatic heterocycles. The fraction of sp³-hybridized carbons (Fsp3) is 0.364. The molecule has 0 N–H and O–H groups in total. The number of aliphatic imine (C=N–C) groups is 1. The molecule has 1 fully saturated rings. The molecule has 0 aromatic heterocycles. The van der Waals surface area contributed by atoms with Crippen molar-refractivity contribution in [3.63, 3.8) is 0 Å². The van der Waals surface area contributed by atoms with Gasteiger partial charge >= 0.3 is 5.97 Å². The van der Waals surface area contributed by atoms with E-state index in [9.17, 15) is 4.79 Å². The van der Waals surface area contributed by atoms with Crippen molar-refractivity contribution in [2.24, 2.45) is 4.99 Å². The van der Waals surface area contributed by atoms with E-state index in [0.29, 0.717) is 0 Å². The first-order valence-electron chi connectivity index (χ1n) is 9.18. The molecule has 0 atom stereocenters. The average molecular weight is 335 g/mol. The first kappa shape index (κ1) is 17.4. The lowest BCUT2D eigenvalue weighted by Crippen LogP contribution is -2.20. The number of esters is 1. The molecule has 0 spiro atoms. The smallest absolute Gasteiger partial charge is 0.327 e. The number of ether oxygens (including phenoxy) is 1. The van der Waals surface area contributed by atoms with Gasteiger partial charge in [0.15, 0.2) is 0 Å². The Hall–Kier alpha value is -2.42.